The van der Waals surface area contributed by atoms with Crippen LogP contribution in [-0.4, -0.2) is 20.4 Å². The van der Waals surface area contributed by atoms with Gasteiger partial charge in [0.1, 0.15) is 11.2 Å². The van der Waals surface area contributed by atoms with E-state index in [2.05, 4.69) is 15.3 Å². The van der Waals surface area contributed by atoms with Crippen molar-refractivity contribution < 1.29 is 4.79 Å². The third-order valence-electron chi connectivity index (χ3n) is 6.15. The van der Waals surface area contributed by atoms with Gasteiger partial charge in [0.25, 0.3) is 11.5 Å². The van der Waals surface area contributed by atoms with Gasteiger partial charge in [0, 0.05) is 29.1 Å². The zero-order chi connectivity index (χ0) is 22.1. The van der Waals surface area contributed by atoms with Gasteiger partial charge < -0.3 is 5.32 Å². The van der Waals surface area contributed by atoms with E-state index in [4.69, 9.17) is 0 Å². The van der Waals surface area contributed by atoms with Crippen LogP contribution in [0.25, 0.3) is 22.4 Å². The van der Waals surface area contributed by atoms with Crippen molar-refractivity contribution in [2.45, 2.75) is 38.6 Å². The molecule has 2 heterocycles. The van der Waals surface area contributed by atoms with Crippen molar-refractivity contribution in [3.63, 3.8) is 0 Å². The van der Waals surface area contributed by atoms with Crippen LogP contribution in [0.1, 0.15) is 47.6 Å². The Morgan fingerprint density at radius 2 is 1.75 bits per heavy atom. The number of fused-ring (bicyclic) bond motifs is 1. The number of nitrogens with zero attached hydrogens (tertiary/aromatic N) is 3. The first kappa shape index (κ1) is 20.1. The van der Waals surface area contributed by atoms with E-state index >= 15 is 0 Å². The molecule has 1 amide bonds. The van der Waals surface area contributed by atoms with Gasteiger partial charge >= 0.3 is 0 Å². The maximum Gasteiger partial charge on any atom is 0.278 e. The number of nitrogens with one attached hydrogen (secondary N) is 1. The fourth-order valence-electron chi connectivity index (χ4n) is 4.42. The Morgan fingerprint density at radius 3 is 2.50 bits per heavy atom. The summed E-state index contributed by atoms with van der Waals surface area (Å²) >= 11 is 0. The van der Waals surface area contributed by atoms with E-state index in [1.54, 1.807) is 30.5 Å². The molecule has 0 unspecified atom stereocenters. The third-order valence-corrected chi connectivity index (χ3v) is 6.15. The summed E-state index contributed by atoms with van der Waals surface area (Å²) in [5.41, 5.74) is 4.61. The highest BCUT2D eigenvalue weighted by Crippen LogP contribution is 2.31. The van der Waals surface area contributed by atoms with Gasteiger partial charge in [0.15, 0.2) is 5.65 Å². The lowest BCUT2D eigenvalue weighted by molar-refractivity contribution is 0.102. The second-order valence-electron chi connectivity index (χ2n) is 8.27. The molecule has 0 atom stereocenters. The number of benzene rings is 2. The molecule has 32 heavy (non-hydrogen) atoms. The zero-order valence-electron chi connectivity index (χ0n) is 17.9. The molecule has 1 N–H and O–H groups in total. The Bertz CT molecular complexity index is 1350. The Hall–Kier alpha value is -3.80. The molecule has 1 aliphatic rings. The molecule has 0 bridgehead atoms. The fourth-order valence-corrected chi connectivity index (χ4v) is 4.42. The van der Waals surface area contributed by atoms with Crippen LogP contribution in [0.15, 0.2) is 71.7 Å². The van der Waals surface area contributed by atoms with Gasteiger partial charge in [-0.3, -0.25) is 14.2 Å². The van der Waals surface area contributed by atoms with Crippen LogP contribution >= 0.6 is 0 Å². The van der Waals surface area contributed by atoms with Crippen LogP contribution < -0.4 is 10.9 Å². The molecule has 160 valence electrons. The van der Waals surface area contributed by atoms with E-state index in [0.717, 1.165) is 36.9 Å². The van der Waals surface area contributed by atoms with E-state index in [0.29, 0.717) is 28.0 Å². The second kappa shape index (κ2) is 8.38. The fraction of sp³-hybridized carbons (Fsp3) is 0.231. The van der Waals surface area contributed by atoms with Crippen molar-refractivity contribution in [2.75, 3.05) is 5.32 Å². The number of amides is 1. The zero-order valence-corrected chi connectivity index (χ0v) is 17.9. The molecule has 1 fully saturated rings. The number of carbonyl (C=O) groups excluding carboxylic acids is 1. The maximum atomic E-state index is 13.4. The van der Waals surface area contributed by atoms with Gasteiger partial charge in [-0.15, -0.1) is 0 Å². The van der Waals surface area contributed by atoms with Crippen LogP contribution in [0.4, 0.5) is 5.69 Å². The lowest BCUT2D eigenvalue weighted by Gasteiger charge is -2.17. The van der Waals surface area contributed by atoms with Gasteiger partial charge in [-0.2, -0.15) is 0 Å². The van der Waals surface area contributed by atoms with E-state index in [9.17, 15) is 9.59 Å². The number of pyridine rings is 1. The van der Waals surface area contributed by atoms with E-state index in [-0.39, 0.29) is 17.5 Å². The van der Waals surface area contributed by atoms with Crippen LogP contribution in [0, 0.1) is 6.92 Å². The van der Waals surface area contributed by atoms with Crippen LogP contribution in [0.2, 0.25) is 0 Å². The van der Waals surface area contributed by atoms with E-state index < -0.39 is 0 Å². The number of anilines is 1. The summed E-state index contributed by atoms with van der Waals surface area (Å²) in [5.74, 6) is -0.190. The Morgan fingerprint density at radius 1 is 1.00 bits per heavy atom. The molecule has 0 saturated heterocycles. The number of carbonyl (C=O) groups is 1. The first-order chi connectivity index (χ1) is 15.6. The van der Waals surface area contributed by atoms with Crippen molar-refractivity contribution in [1.29, 1.82) is 0 Å². The standard InChI is InChI=1S/C26H24N4O2/c1-17-7-2-5-10-21(17)29-25(31)19-14-12-18(13-15-19)23-26(32)30(20-8-3-4-9-20)24-22(28-23)11-6-16-27-24/h2,5-7,10-16,20H,3-4,8-9H2,1H3,(H,29,31). The second-order valence-corrected chi connectivity index (χ2v) is 8.27. The number of aromatic nitrogens is 3. The van der Waals surface area contributed by atoms with Crippen LogP contribution in [0.5, 0.6) is 0 Å². The number of hydrogen-bond acceptors (Lipinski definition) is 4. The molecule has 1 aliphatic carbocycles. The number of hydrogen-bond donors (Lipinski definition) is 1. The molecular weight excluding hydrogens is 400 g/mol. The lowest BCUT2D eigenvalue weighted by Crippen LogP contribution is -2.27. The van der Waals surface area contributed by atoms with Gasteiger partial charge in [-0.25, -0.2) is 9.97 Å². The molecule has 4 aromatic rings. The van der Waals surface area contributed by atoms with Crippen molar-refractivity contribution in [2.24, 2.45) is 0 Å². The minimum atomic E-state index is -0.190. The maximum absolute atomic E-state index is 13.4. The molecule has 0 spiro atoms. The average Bonchev–Trinajstić information content (AvgIpc) is 3.35. The topological polar surface area (TPSA) is 76.9 Å². The van der Waals surface area contributed by atoms with Gasteiger partial charge in [0.05, 0.1) is 0 Å². The van der Waals surface area contributed by atoms with Crippen LogP contribution in [0.3, 0.4) is 0 Å². The summed E-state index contributed by atoms with van der Waals surface area (Å²) in [6, 6.07) is 18.6. The quantitative estimate of drug-likeness (QED) is 0.492. The summed E-state index contributed by atoms with van der Waals surface area (Å²) in [6.45, 7) is 1.95. The molecule has 6 nitrogen and oxygen atoms in total. The Balaban J connectivity index is 1.51. The van der Waals surface area contributed by atoms with Gasteiger partial charge in [-0.05, 0) is 55.7 Å². The Labute approximate surface area is 186 Å². The van der Waals surface area contributed by atoms with Crippen molar-refractivity contribution >= 4 is 22.8 Å². The molecular formula is C26H24N4O2. The van der Waals surface area contributed by atoms with Crippen molar-refractivity contribution in [3.8, 4) is 11.3 Å². The highest BCUT2D eigenvalue weighted by molar-refractivity contribution is 6.04. The highest BCUT2D eigenvalue weighted by Gasteiger charge is 2.23. The summed E-state index contributed by atoms with van der Waals surface area (Å²) in [7, 11) is 0. The molecule has 6 heteroatoms. The smallest absolute Gasteiger partial charge is 0.278 e. The third kappa shape index (κ3) is 3.68. The highest BCUT2D eigenvalue weighted by atomic mass is 16.1. The minimum Gasteiger partial charge on any atom is -0.322 e. The van der Waals surface area contributed by atoms with Gasteiger partial charge in [0.2, 0.25) is 0 Å². The number of para-hydroxylation sites is 1. The normalized spacial score (nSPS) is 14.0. The van der Waals surface area contributed by atoms with Crippen molar-refractivity contribution in [1.82, 2.24) is 14.5 Å². The Kier molecular flexibility index (Phi) is 5.27. The predicted molar refractivity (Wildman–Crippen MR) is 126 cm³/mol. The number of rotatable bonds is 4. The monoisotopic (exact) mass is 424 g/mol. The molecule has 5 rings (SSSR count). The van der Waals surface area contributed by atoms with Crippen LogP contribution in [-0.2, 0) is 0 Å². The molecule has 0 radical (unpaired) electrons. The average molecular weight is 425 g/mol. The van der Waals surface area contributed by atoms with E-state index in [1.165, 1.54) is 0 Å². The number of aryl methyl sites for hydroxylation is 1. The van der Waals surface area contributed by atoms with Crippen molar-refractivity contribution in [3.05, 3.63) is 88.3 Å². The first-order valence-electron chi connectivity index (χ1n) is 11.0. The lowest BCUT2D eigenvalue weighted by atomic mass is 10.1. The molecule has 2 aromatic carbocycles. The summed E-state index contributed by atoms with van der Waals surface area (Å²) in [4.78, 5) is 35.2. The largest absolute Gasteiger partial charge is 0.322 e. The SMILES string of the molecule is Cc1ccccc1NC(=O)c1ccc(-c2nc3cccnc3n(C3CCCC3)c2=O)cc1. The summed E-state index contributed by atoms with van der Waals surface area (Å²) < 4.78 is 1.82. The molecule has 2 aromatic heterocycles. The first-order valence-corrected chi connectivity index (χ1v) is 11.0. The summed E-state index contributed by atoms with van der Waals surface area (Å²) in [5, 5.41) is 2.94. The predicted octanol–water partition coefficient (Wildman–Crippen LogP) is 5.13. The molecule has 0 aliphatic heterocycles. The molecule has 1 saturated carbocycles. The summed E-state index contributed by atoms with van der Waals surface area (Å²) in [6.07, 6.45) is 5.90. The van der Waals surface area contributed by atoms with E-state index in [1.807, 2.05) is 47.9 Å². The minimum absolute atomic E-state index is 0.125. The van der Waals surface area contributed by atoms with Gasteiger partial charge in [-0.1, -0.05) is 43.2 Å².